The van der Waals surface area contributed by atoms with Gasteiger partial charge >= 0.3 is 0 Å². The number of aliphatic hydroxyl groups excluding tert-OH is 1. The third kappa shape index (κ3) is 3.32. The number of aryl methyl sites for hydroxylation is 1. The van der Waals surface area contributed by atoms with E-state index in [-0.39, 0.29) is 18.1 Å². The Morgan fingerprint density at radius 2 is 2.00 bits per heavy atom. The molecule has 1 aromatic carbocycles. The number of Topliss-reactive ketones (excluding diaryl/α,β-unsaturated/α-hetero) is 1. The highest BCUT2D eigenvalue weighted by atomic mass is 79.9. The van der Waals surface area contributed by atoms with E-state index in [1.165, 1.54) is 0 Å². The average molecular weight is 273 g/mol. The zero-order valence-electron chi connectivity index (χ0n) is 8.24. The molecule has 0 aliphatic heterocycles. The molecule has 15 heavy (non-hydrogen) atoms. The molecule has 0 unspecified atom stereocenters. The monoisotopic (exact) mass is 272 g/mol. The van der Waals surface area contributed by atoms with E-state index in [2.05, 4.69) is 15.9 Å². The highest BCUT2D eigenvalue weighted by Crippen LogP contribution is 2.23. The number of benzene rings is 1. The first kappa shape index (κ1) is 12.2. The number of carbonyl (C=O) groups excluding carboxylic acids is 1. The second-order valence-corrected chi connectivity index (χ2v) is 3.82. The van der Waals surface area contributed by atoms with Crippen LogP contribution >= 0.6 is 15.9 Å². The summed E-state index contributed by atoms with van der Waals surface area (Å²) in [7, 11) is 0. The lowest BCUT2D eigenvalue weighted by Crippen LogP contribution is -2.01. The molecule has 0 fully saturated rings. The topological polar surface area (TPSA) is 57.5 Å². The van der Waals surface area contributed by atoms with E-state index in [1.54, 1.807) is 18.2 Å². The van der Waals surface area contributed by atoms with E-state index < -0.39 is 0 Å². The number of para-hydroxylation sites is 1. The molecule has 2 N–H and O–H groups in total. The van der Waals surface area contributed by atoms with Gasteiger partial charge in [0.15, 0.2) is 0 Å². The molecule has 0 heterocycles. The second-order valence-electron chi connectivity index (χ2n) is 3.26. The van der Waals surface area contributed by atoms with Crippen LogP contribution in [-0.2, 0) is 17.8 Å². The predicted molar refractivity (Wildman–Crippen MR) is 61.2 cm³/mol. The third-order valence-electron chi connectivity index (χ3n) is 2.20. The molecule has 0 spiro atoms. The maximum absolute atomic E-state index is 11.1. The van der Waals surface area contributed by atoms with Gasteiger partial charge in [0, 0.05) is 12.0 Å². The highest BCUT2D eigenvalue weighted by molar-refractivity contribution is 9.09. The zero-order chi connectivity index (χ0) is 11.3. The van der Waals surface area contributed by atoms with Gasteiger partial charge in [0.25, 0.3) is 0 Å². The first-order chi connectivity index (χ1) is 7.19. The number of alkyl halides is 1. The number of phenols is 1. The molecule has 0 saturated carbocycles. The summed E-state index contributed by atoms with van der Waals surface area (Å²) >= 11 is 3.08. The number of ketones is 1. The second kappa shape index (κ2) is 5.88. The van der Waals surface area contributed by atoms with Crippen molar-refractivity contribution in [2.45, 2.75) is 19.4 Å². The van der Waals surface area contributed by atoms with Crippen LogP contribution in [0.4, 0.5) is 0 Å². The van der Waals surface area contributed by atoms with Gasteiger partial charge in [-0.2, -0.15) is 0 Å². The molecule has 0 radical (unpaired) electrons. The molecule has 3 nitrogen and oxygen atoms in total. The normalized spacial score (nSPS) is 10.3. The summed E-state index contributed by atoms with van der Waals surface area (Å²) in [6.07, 6.45) is 0.901. The van der Waals surface area contributed by atoms with E-state index in [9.17, 15) is 9.90 Å². The van der Waals surface area contributed by atoms with E-state index in [0.29, 0.717) is 29.3 Å². The largest absolute Gasteiger partial charge is 0.507 e. The van der Waals surface area contributed by atoms with Crippen molar-refractivity contribution in [3.05, 3.63) is 29.3 Å². The Hall–Kier alpha value is -0.870. The summed E-state index contributed by atoms with van der Waals surface area (Å²) in [5.74, 6) is 0.200. The fraction of sp³-hybridized carbons (Fsp3) is 0.364. The standard InChI is InChI=1S/C11H13BrO3/c12-6-10(14)5-4-8-2-1-3-9(7-13)11(8)15/h1-3,13,15H,4-7H2. The molecular formula is C11H13BrO3. The number of hydrogen-bond acceptors (Lipinski definition) is 3. The SMILES string of the molecule is O=C(CBr)CCc1cccc(CO)c1O. The summed E-state index contributed by atoms with van der Waals surface area (Å²) in [6, 6.07) is 5.18. The molecule has 0 aromatic heterocycles. The molecule has 4 heteroatoms. The number of rotatable bonds is 5. The van der Waals surface area contributed by atoms with E-state index in [4.69, 9.17) is 5.11 Å². The van der Waals surface area contributed by atoms with Crippen LogP contribution in [0.3, 0.4) is 0 Å². The lowest BCUT2D eigenvalue weighted by atomic mass is 10.0. The van der Waals surface area contributed by atoms with Gasteiger partial charge < -0.3 is 10.2 Å². The van der Waals surface area contributed by atoms with E-state index in [1.807, 2.05) is 0 Å². The smallest absolute Gasteiger partial charge is 0.143 e. The van der Waals surface area contributed by atoms with Gasteiger partial charge in [-0.15, -0.1) is 0 Å². The molecule has 1 rings (SSSR count). The minimum atomic E-state index is -0.188. The molecule has 1 aromatic rings. The van der Waals surface area contributed by atoms with Crippen molar-refractivity contribution in [3.8, 4) is 5.75 Å². The molecule has 82 valence electrons. The van der Waals surface area contributed by atoms with Gasteiger partial charge in [0.05, 0.1) is 11.9 Å². The van der Waals surface area contributed by atoms with Crippen molar-refractivity contribution in [3.63, 3.8) is 0 Å². The number of aromatic hydroxyl groups is 1. The third-order valence-corrected chi connectivity index (χ3v) is 2.82. The molecular weight excluding hydrogens is 260 g/mol. The Morgan fingerprint density at radius 1 is 1.33 bits per heavy atom. The van der Waals surface area contributed by atoms with Crippen molar-refractivity contribution in [1.82, 2.24) is 0 Å². The minimum absolute atomic E-state index is 0.0994. The molecule has 0 aliphatic rings. The van der Waals surface area contributed by atoms with Crippen LogP contribution in [0, 0.1) is 0 Å². The fourth-order valence-electron chi connectivity index (χ4n) is 1.31. The Labute approximate surface area is 96.9 Å². The number of carbonyl (C=O) groups is 1. The van der Waals surface area contributed by atoms with Crippen LogP contribution in [0.25, 0.3) is 0 Å². The van der Waals surface area contributed by atoms with Gasteiger partial charge in [0.1, 0.15) is 11.5 Å². The highest BCUT2D eigenvalue weighted by Gasteiger charge is 2.07. The first-order valence-corrected chi connectivity index (χ1v) is 5.79. The lowest BCUT2D eigenvalue weighted by Gasteiger charge is -2.07. The summed E-state index contributed by atoms with van der Waals surface area (Å²) in [4.78, 5) is 11.1. The maximum atomic E-state index is 11.1. The Kier molecular flexibility index (Phi) is 4.78. The van der Waals surface area contributed by atoms with E-state index in [0.717, 1.165) is 0 Å². The molecule has 0 bridgehead atoms. The van der Waals surface area contributed by atoms with Crippen molar-refractivity contribution < 1.29 is 15.0 Å². The van der Waals surface area contributed by atoms with Gasteiger partial charge in [0.2, 0.25) is 0 Å². The Bertz CT molecular complexity index is 350. The van der Waals surface area contributed by atoms with Crippen LogP contribution < -0.4 is 0 Å². The number of halogens is 1. The van der Waals surface area contributed by atoms with Gasteiger partial charge in [-0.1, -0.05) is 34.1 Å². The van der Waals surface area contributed by atoms with Gasteiger partial charge in [-0.25, -0.2) is 0 Å². The van der Waals surface area contributed by atoms with Gasteiger partial charge in [-0.3, -0.25) is 4.79 Å². The number of hydrogen-bond donors (Lipinski definition) is 2. The Balaban J connectivity index is 2.73. The summed E-state index contributed by atoms with van der Waals surface area (Å²) in [6.45, 7) is -0.188. The van der Waals surface area contributed by atoms with Crippen LogP contribution in [-0.4, -0.2) is 21.3 Å². The molecule has 0 aliphatic carbocycles. The van der Waals surface area contributed by atoms with Crippen LogP contribution in [0.15, 0.2) is 18.2 Å². The van der Waals surface area contributed by atoms with E-state index >= 15 is 0 Å². The first-order valence-electron chi connectivity index (χ1n) is 4.67. The van der Waals surface area contributed by atoms with Gasteiger partial charge in [-0.05, 0) is 12.0 Å². The fourth-order valence-corrected chi connectivity index (χ4v) is 1.60. The summed E-state index contributed by atoms with van der Waals surface area (Å²) < 4.78 is 0. The molecule has 0 saturated heterocycles. The molecule has 0 atom stereocenters. The maximum Gasteiger partial charge on any atom is 0.143 e. The quantitative estimate of drug-likeness (QED) is 0.804. The lowest BCUT2D eigenvalue weighted by molar-refractivity contribution is -0.116. The van der Waals surface area contributed by atoms with Crippen LogP contribution in [0.5, 0.6) is 5.75 Å². The van der Waals surface area contributed by atoms with Crippen molar-refractivity contribution >= 4 is 21.7 Å². The molecule has 0 amide bonds. The summed E-state index contributed by atoms with van der Waals surface area (Å²) in [5, 5.41) is 19.0. The predicted octanol–water partition coefficient (Wildman–Crippen LogP) is 1.78. The average Bonchev–Trinajstić information content (AvgIpc) is 2.27. The minimum Gasteiger partial charge on any atom is -0.507 e. The van der Waals surface area contributed by atoms with Crippen LogP contribution in [0.2, 0.25) is 0 Å². The zero-order valence-corrected chi connectivity index (χ0v) is 9.83. The number of aliphatic hydroxyl groups is 1. The van der Waals surface area contributed by atoms with Crippen molar-refractivity contribution in [2.24, 2.45) is 0 Å². The van der Waals surface area contributed by atoms with Crippen LogP contribution in [0.1, 0.15) is 17.5 Å². The van der Waals surface area contributed by atoms with Crippen molar-refractivity contribution in [1.29, 1.82) is 0 Å². The van der Waals surface area contributed by atoms with Crippen molar-refractivity contribution in [2.75, 3.05) is 5.33 Å². The summed E-state index contributed by atoms with van der Waals surface area (Å²) in [5.41, 5.74) is 1.20. The Morgan fingerprint density at radius 3 is 2.60 bits per heavy atom.